The van der Waals surface area contributed by atoms with E-state index in [9.17, 15) is 26.0 Å². The Labute approximate surface area is 120 Å². The monoisotopic (exact) mass is 328 g/mol. The van der Waals surface area contributed by atoms with Gasteiger partial charge in [0.05, 0.1) is 4.90 Å². The van der Waals surface area contributed by atoms with E-state index in [0.717, 1.165) is 12.5 Å². The molecule has 1 aromatic carbocycles. The summed E-state index contributed by atoms with van der Waals surface area (Å²) in [4.78, 5) is -0.490. The van der Waals surface area contributed by atoms with Crippen LogP contribution in [-0.2, 0) is 16.6 Å². The van der Waals surface area contributed by atoms with Crippen LogP contribution >= 0.6 is 0 Å². The molecule has 4 nitrogen and oxygen atoms in total. The molecule has 0 aromatic heterocycles. The SMILES string of the molecule is CCCNCc1ccc(F)cc1S(=O)(=O)NCC(F)(F)F. The normalized spacial score (nSPS) is 12.6. The Morgan fingerprint density at radius 1 is 1.24 bits per heavy atom. The number of nitrogens with one attached hydrogen (secondary N) is 2. The van der Waals surface area contributed by atoms with Gasteiger partial charge in [-0.05, 0) is 30.7 Å². The van der Waals surface area contributed by atoms with Gasteiger partial charge in [0.15, 0.2) is 0 Å². The predicted molar refractivity (Wildman–Crippen MR) is 69.6 cm³/mol. The van der Waals surface area contributed by atoms with E-state index in [4.69, 9.17) is 0 Å². The lowest BCUT2D eigenvalue weighted by molar-refractivity contribution is -0.121. The standard InChI is InChI=1S/C12H16F4N2O2S/c1-2-5-17-7-9-3-4-10(13)6-11(9)21(19,20)18-8-12(14,15)16/h3-4,6,17-18H,2,5,7-8H2,1H3. The maximum Gasteiger partial charge on any atom is 0.402 e. The molecule has 0 radical (unpaired) electrons. The van der Waals surface area contributed by atoms with Crippen molar-refractivity contribution in [2.24, 2.45) is 0 Å². The second-order valence-corrected chi connectivity index (χ2v) is 6.10. The Bertz CT molecular complexity index is 573. The van der Waals surface area contributed by atoms with Crippen LogP contribution in [0, 0.1) is 5.82 Å². The van der Waals surface area contributed by atoms with E-state index in [2.05, 4.69) is 5.32 Å². The van der Waals surface area contributed by atoms with Crippen molar-refractivity contribution in [1.82, 2.24) is 10.0 Å². The average molecular weight is 328 g/mol. The average Bonchev–Trinajstić information content (AvgIpc) is 2.38. The van der Waals surface area contributed by atoms with Crippen molar-refractivity contribution >= 4 is 10.0 Å². The van der Waals surface area contributed by atoms with Gasteiger partial charge in [-0.2, -0.15) is 13.2 Å². The second kappa shape index (κ2) is 7.19. The fourth-order valence-corrected chi connectivity index (χ4v) is 2.84. The molecular weight excluding hydrogens is 312 g/mol. The molecule has 0 saturated heterocycles. The molecule has 0 aliphatic heterocycles. The van der Waals surface area contributed by atoms with Gasteiger partial charge < -0.3 is 5.32 Å². The van der Waals surface area contributed by atoms with Crippen molar-refractivity contribution in [2.75, 3.05) is 13.1 Å². The summed E-state index contributed by atoms with van der Waals surface area (Å²) < 4.78 is 74.7. The molecule has 0 heterocycles. The number of hydrogen-bond acceptors (Lipinski definition) is 3. The molecule has 0 fully saturated rings. The van der Waals surface area contributed by atoms with E-state index in [1.54, 1.807) is 0 Å². The van der Waals surface area contributed by atoms with Gasteiger partial charge in [0.25, 0.3) is 0 Å². The molecule has 0 spiro atoms. The van der Waals surface area contributed by atoms with Gasteiger partial charge in [-0.25, -0.2) is 17.5 Å². The third-order valence-corrected chi connectivity index (χ3v) is 4.01. The first-order valence-electron chi connectivity index (χ1n) is 6.21. The van der Waals surface area contributed by atoms with Crippen molar-refractivity contribution in [3.8, 4) is 0 Å². The van der Waals surface area contributed by atoms with Crippen LogP contribution < -0.4 is 10.0 Å². The smallest absolute Gasteiger partial charge is 0.313 e. The minimum Gasteiger partial charge on any atom is -0.313 e. The van der Waals surface area contributed by atoms with Crippen molar-refractivity contribution in [3.63, 3.8) is 0 Å². The first-order chi connectivity index (χ1) is 9.65. The van der Waals surface area contributed by atoms with Gasteiger partial charge in [0.1, 0.15) is 12.4 Å². The van der Waals surface area contributed by atoms with Crippen LogP contribution in [0.1, 0.15) is 18.9 Å². The van der Waals surface area contributed by atoms with Crippen LogP contribution in [0.3, 0.4) is 0 Å². The van der Waals surface area contributed by atoms with Gasteiger partial charge in [0, 0.05) is 6.54 Å². The molecule has 0 atom stereocenters. The number of benzene rings is 1. The van der Waals surface area contributed by atoms with E-state index in [1.165, 1.54) is 10.8 Å². The minimum atomic E-state index is -4.68. The first-order valence-corrected chi connectivity index (χ1v) is 7.69. The number of alkyl halides is 3. The molecule has 1 aromatic rings. The largest absolute Gasteiger partial charge is 0.402 e. The summed E-state index contributed by atoms with van der Waals surface area (Å²) in [6.45, 7) is 0.928. The number of sulfonamides is 1. The summed E-state index contributed by atoms with van der Waals surface area (Å²) in [5, 5.41) is 2.92. The Hall–Kier alpha value is -1.19. The molecule has 0 amide bonds. The summed E-state index contributed by atoms with van der Waals surface area (Å²) in [6.07, 6.45) is -3.88. The number of rotatable bonds is 7. The van der Waals surface area contributed by atoms with Crippen molar-refractivity contribution in [2.45, 2.75) is 31.0 Å². The molecule has 2 N–H and O–H groups in total. The highest BCUT2D eigenvalue weighted by Crippen LogP contribution is 2.19. The van der Waals surface area contributed by atoms with E-state index in [1.807, 2.05) is 6.92 Å². The van der Waals surface area contributed by atoms with Crippen LogP contribution in [0.5, 0.6) is 0 Å². The van der Waals surface area contributed by atoms with E-state index >= 15 is 0 Å². The van der Waals surface area contributed by atoms with Crippen molar-refractivity contribution in [3.05, 3.63) is 29.6 Å². The summed E-state index contributed by atoms with van der Waals surface area (Å²) in [5.41, 5.74) is 0.208. The van der Waals surface area contributed by atoms with Gasteiger partial charge in [-0.1, -0.05) is 13.0 Å². The fourth-order valence-electron chi connectivity index (χ4n) is 1.58. The first kappa shape index (κ1) is 17.9. The highest BCUT2D eigenvalue weighted by atomic mass is 32.2. The third kappa shape index (κ3) is 5.98. The Morgan fingerprint density at radius 2 is 1.90 bits per heavy atom. The highest BCUT2D eigenvalue weighted by molar-refractivity contribution is 7.89. The maximum absolute atomic E-state index is 13.2. The molecule has 21 heavy (non-hydrogen) atoms. The second-order valence-electron chi connectivity index (χ2n) is 4.37. The molecular formula is C12H16F4N2O2S. The molecule has 0 aliphatic carbocycles. The molecule has 0 saturated carbocycles. The molecule has 9 heteroatoms. The van der Waals surface area contributed by atoms with Gasteiger partial charge >= 0.3 is 6.18 Å². The molecule has 0 aliphatic rings. The third-order valence-electron chi connectivity index (χ3n) is 2.52. The zero-order chi connectivity index (χ0) is 16.1. The molecule has 0 unspecified atom stereocenters. The lowest BCUT2D eigenvalue weighted by Crippen LogP contribution is -2.34. The Morgan fingerprint density at radius 3 is 2.48 bits per heavy atom. The minimum absolute atomic E-state index is 0.121. The summed E-state index contributed by atoms with van der Waals surface area (Å²) in [5.74, 6) is -0.832. The Kier molecular flexibility index (Phi) is 6.11. The van der Waals surface area contributed by atoms with E-state index < -0.39 is 33.5 Å². The van der Waals surface area contributed by atoms with Crippen LogP contribution in [0.4, 0.5) is 17.6 Å². The topological polar surface area (TPSA) is 58.2 Å². The maximum atomic E-state index is 13.2. The van der Waals surface area contributed by atoms with Crippen LogP contribution in [0.25, 0.3) is 0 Å². The zero-order valence-corrected chi connectivity index (χ0v) is 12.1. The quantitative estimate of drug-likeness (QED) is 0.596. The summed E-state index contributed by atoms with van der Waals surface area (Å²) in [6, 6.07) is 3.01. The summed E-state index contributed by atoms with van der Waals surface area (Å²) >= 11 is 0. The predicted octanol–water partition coefficient (Wildman–Crippen LogP) is 2.17. The van der Waals surface area contributed by atoms with E-state index in [0.29, 0.717) is 12.6 Å². The van der Waals surface area contributed by atoms with E-state index in [-0.39, 0.29) is 12.1 Å². The fraction of sp³-hybridized carbons (Fsp3) is 0.500. The number of halogens is 4. The lowest BCUT2D eigenvalue weighted by Gasteiger charge is -2.13. The summed E-state index contributed by atoms with van der Waals surface area (Å²) in [7, 11) is -4.43. The Balaban J connectivity index is 3.00. The van der Waals surface area contributed by atoms with Gasteiger partial charge in [0.2, 0.25) is 10.0 Å². The van der Waals surface area contributed by atoms with Crippen molar-refractivity contribution < 1.29 is 26.0 Å². The van der Waals surface area contributed by atoms with Gasteiger partial charge in [-0.3, -0.25) is 0 Å². The number of hydrogen-bond donors (Lipinski definition) is 2. The van der Waals surface area contributed by atoms with Crippen molar-refractivity contribution in [1.29, 1.82) is 0 Å². The lowest BCUT2D eigenvalue weighted by atomic mass is 10.2. The highest BCUT2D eigenvalue weighted by Gasteiger charge is 2.30. The molecule has 0 bridgehead atoms. The molecule has 1 rings (SSSR count). The van der Waals surface area contributed by atoms with Crippen LogP contribution in [0.2, 0.25) is 0 Å². The van der Waals surface area contributed by atoms with Crippen LogP contribution in [0.15, 0.2) is 23.1 Å². The molecule has 120 valence electrons. The zero-order valence-electron chi connectivity index (χ0n) is 11.3. The van der Waals surface area contributed by atoms with Crippen LogP contribution in [-0.4, -0.2) is 27.7 Å². The van der Waals surface area contributed by atoms with Gasteiger partial charge in [-0.15, -0.1) is 0 Å².